The summed E-state index contributed by atoms with van der Waals surface area (Å²) in [6, 6.07) is 6.09. The third-order valence-electron chi connectivity index (χ3n) is 2.58. The van der Waals surface area contributed by atoms with E-state index in [-0.39, 0.29) is 6.03 Å². The number of rotatable bonds is 1. The Morgan fingerprint density at radius 2 is 2.27 bits per heavy atom. The molecule has 0 saturated carbocycles. The molecule has 3 nitrogen and oxygen atoms in total. The fourth-order valence-electron chi connectivity index (χ4n) is 1.65. The third kappa shape index (κ3) is 2.00. The zero-order chi connectivity index (χ0) is 11.0. The second-order valence-corrected chi connectivity index (χ2v) is 5.19. The van der Waals surface area contributed by atoms with Crippen LogP contribution >= 0.6 is 15.9 Å². The van der Waals surface area contributed by atoms with Gasteiger partial charge in [-0.1, -0.05) is 28.1 Å². The molecule has 1 heterocycles. The van der Waals surface area contributed by atoms with Crippen LogP contribution in [-0.2, 0) is 6.54 Å². The molecule has 1 aliphatic heterocycles. The zero-order valence-corrected chi connectivity index (χ0v) is 10.3. The SMILES string of the molecule is CC(Br)c1ccc2c(c1)CN(C)C(=O)N2. The molecular formula is C11H13BrN2O. The summed E-state index contributed by atoms with van der Waals surface area (Å²) in [4.78, 5) is 13.4. The van der Waals surface area contributed by atoms with Gasteiger partial charge in [-0.25, -0.2) is 4.79 Å². The second kappa shape index (κ2) is 3.85. The molecule has 0 radical (unpaired) electrons. The fraction of sp³-hybridized carbons (Fsp3) is 0.364. The van der Waals surface area contributed by atoms with E-state index in [4.69, 9.17) is 0 Å². The monoisotopic (exact) mass is 268 g/mol. The van der Waals surface area contributed by atoms with Crippen LogP contribution in [0.15, 0.2) is 18.2 Å². The molecule has 2 rings (SSSR count). The van der Waals surface area contributed by atoms with Gasteiger partial charge in [-0.2, -0.15) is 0 Å². The van der Waals surface area contributed by atoms with E-state index >= 15 is 0 Å². The van der Waals surface area contributed by atoms with Crippen molar-refractivity contribution < 1.29 is 4.79 Å². The van der Waals surface area contributed by atoms with Crippen molar-refractivity contribution in [1.82, 2.24) is 4.90 Å². The van der Waals surface area contributed by atoms with Crippen molar-refractivity contribution in [2.24, 2.45) is 0 Å². The van der Waals surface area contributed by atoms with E-state index in [1.165, 1.54) is 11.1 Å². The molecule has 0 spiro atoms. The molecule has 1 N–H and O–H groups in total. The largest absolute Gasteiger partial charge is 0.323 e. The van der Waals surface area contributed by atoms with Crippen LogP contribution < -0.4 is 5.32 Å². The minimum absolute atomic E-state index is 0.0397. The van der Waals surface area contributed by atoms with Gasteiger partial charge in [-0.3, -0.25) is 0 Å². The van der Waals surface area contributed by atoms with Gasteiger partial charge in [0.15, 0.2) is 0 Å². The summed E-state index contributed by atoms with van der Waals surface area (Å²) in [6.07, 6.45) is 0. The lowest BCUT2D eigenvalue weighted by atomic mass is 10.1. The summed E-state index contributed by atoms with van der Waals surface area (Å²) in [6.45, 7) is 2.77. The second-order valence-electron chi connectivity index (χ2n) is 3.82. The minimum Gasteiger partial charge on any atom is -0.323 e. The number of nitrogens with zero attached hydrogens (tertiary/aromatic N) is 1. The smallest absolute Gasteiger partial charge is 0.321 e. The molecule has 0 aromatic heterocycles. The molecule has 1 aromatic carbocycles. The Morgan fingerprint density at radius 1 is 1.53 bits per heavy atom. The lowest BCUT2D eigenvalue weighted by Gasteiger charge is -2.26. The summed E-state index contributed by atoms with van der Waals surface area (Å²) >= 11 is 3.54. The van der Waals surface area contributed by atoms with Gasteiger partial charge in [0.1, 0.15) is 0 Å². The molecule has 15 heavy (non-hydrogen) atoms. The van der Waals surface area contributed by atoms with Crippen molar-refractivity contribution in [1.29, 1.82) is 0 Å². The Kier molecular flexibility index (Phi) is 2.69. The first-order valence-electron chi connectivity index (χ1n) is 4.87. The van der Waals surface area contributed by atoms with E-state index in [0.717, 1.165) is 5.69 Å². The summed E-state index contributed by atoms with van der Waals surface area (Å²) in [5.41, 5.74) is 3.33. The standard InChI is InChI=1S/C11H13BrN2O/c1-7(12)8-3-4-10-9(5-8)6-14(2)11(15)13-10/h3-5,7H,6H2,1-2H3,(H,13,15). The van der Waals surface area contributed by atoms with E-state index in [1.54, 1.807) is 11.9 Å². The maximum absolute atomic E-state index is 11.4. The van der Waals surface area contributed by atoms with Crippen LogP contribution in [0.1, 0.15) is 22.9 Å². The first-order chi connectivity index (χ1) is 7.08. The maximum atomic E-state index is 11.4. The predicted octanol–water partition coefficient (Wildman–Crippen LogP) is 3.12. The quantitative estimate of drug-likeness (QED) is 0.780. The molecule has 1 aliphatic rings. The number of nitrogens with one attached hydrogen (secondary N) is 1. The highest BCUT2D eigenvalue weighted by Crippen LogP contribution is 2.29. The average Bonchev–Trinajstić information content (AvgIpc) is 2.19. The average molecular weight is 269 g/mol. The molecule has 2 amide bonds. The van der Waals surface area contributed by atoms with Crippen LogP contribution in [0.5, 0.6) is 0 Å². The van der Waals surface area contributed by atoms with Crippen LogP contribution in [-0.4, -0.2) is 18.0 Å². The molecule has 1 unspecified atom stereocenters. The van der Waals surface area contributed by atoms with E-state index in [2.05, 4.69) is 34.2 Å². The van der Waals surface area contributed by atoms with Gasteiger partial charge in [-0.15, -0.1) is 0 Å². The maximum Gasteiger partial charge on any atom is 0.321 e. The first-order valence-corrected chi connectivity index (χ1v) is 5.78. The summed E-state index contributed by atoms with van der Waals surface area (Å²) < 4.78 is 0. The fourth-order valence-corrected chi connectivity index (χ4v) is 1.94. The topological polar surface area (TPSA) is 32.3 Å². The van der Waals surface area contributed by atoms with Crippen molar-refractivity contribution in [2.45, 2.75) is 18.3 Å². The Hall–Kier alpha value is -1.03. The van der Waals surface area contributed by atoms with Gasteiger partial charge in [0.2, 0.25) is 0 Å². The van der Waals surface area contributed by atoms with Crippen LogP contribution in [0.2, 0.25) is 0 Å². The summed E-state index contributed by atoms with van der Waals surface area (Å²) in [5, 5.41) is 2.85. The number of anilines is 1. The number of urea groups is 1. The van der Waals surface area contributed by atoms with E-state index < -0.39 is 0 Å². The van der Waals surface area contributed by atoms with Gasteiger partial charge in [0.25, 0.3) is 0 Å². The molecule has 0 aliphatic carbocycles. The number of carbonyl (C=O) groups excluding carboxylic acids is 1. The van der Waals surface area contributed by atoms with Crippen LogP contribution in [0, 0.1) is 0 Å². The van der Waals surface area contributed by atoms with Gasteiger partial charge < -0.3 is 10.2 Å². The number of carbonyl (C=O) groups is 1. The molecule has 0 bridgehead atoms. The van der Waals surface area contributed by atoms with E-state index in [9.17, 15) is 4.79 Å². The lowest BCUT2D eigenvalue weighted by Crippen LogP contribution is -2.35. The Labute approximate surface area is 97.6 Å². The molecule has 0 fully saturated rings. The predicted molar refractivity (Wildman–Crippen MR) is 64.3 cm³/mol. The van der Waals surface area contributed by atoms with Crippen molar-refractivity contribution >= 4 is 27.6 Å². The van der Waals surface area contributed by atoms with E-state index in [0.29, 0.717) is 11.4 Å². The first kappa shape index (κ1) is 10.5. The van der Waals surface area contributed by atoms with Gasteiger partial charge in [-0.05, 0) is 24.1 Å². The third-order valence-corrected chi connectivity index (χ3v) is 3.11. The van der Waals surface area contributed by atoms with Gasteiger partial charge in [0.05, 0.1) is 0 Å². The Bertz CT molecular complexity index is 404. The lowest BCUT2D eigenvalue weighted by molar-refractivity contribution is 0.218. The van der Waals surface area contributed by atoms with Crippen molar-refractivity contribution in [2.75, 3.05) is 12.4 Å². The Morgan fingerprint density at radius 3 is 2.93 bits per heavy atom. The number of alkyl halides is 1. The van der Waals surface area contributed by atoms with Crippen LogP contribution in [0.4, 0.5) is 10.5 Å². The van der Waals surface area contributed by atoms with Crippen molar-refractivity contribution in [3.05, 3.63) is 29.3 Å². The van der Waals surface area contributed by atoms with Gasteiger partial charge in [0, 0.05) is 24.1 Å². The molecule has 80 valence electrons. The van der Waals surface area contributed by atoms with Crippen molar-refractivity contribution in [3.63, 3.8) is 0 Å². The zero-order valence-electron chi connectivity index (χ0n) is 8.75. The minimum atomic E-state index is -0.0397. The highest BCUT2D eigenvalue weighted by Gasteiger charge is 2.19. The number of halogens is 1. The van der Waals surface area contributed by atoms with Crippen LogP contribution in [0.3, 0.4) is 0 Å². The number of hydrogen-bond donors (Lipinski definition) is 1. The normalized spacial score (nSPS) is 17.0. The molecular weight excluding hydrogens is 256 g/mol. The summed E-state index contributed by atoms with van der Waals surface area (Å²) in [5.74, 6) is 0. The van der Waals surface area contributed by atoms with Crippen LogP contribution in [0.25, 0.3) is 0 Å². The molecule has 1 atom stereocenters. The van der Waals surface area contributed by atoms with E-state index in [1.807, 2.05) is 12.1 Å². The van der Waals surface area contributed by atoms with Gasteiger partial charge >= 0.3 is 6.03 Å². The number of benzene rings is 1. The molecule has 1 aromatic rings. The number of amides is 2. The molecule has 4 heteroatoms. The van der Waals surface area contributed by atoms with Crippen molar-refractivity contribution in [3.8, 4) is 0 Å². The highest BCUT2D eigenvalue weighted by molar-refractivity contribution is 9.09. The number of hydrogen-bond acceptors (Lipinski definition) is 1. The Balaban J connectivity index is 2.37. The highest BCUT2D eigenvalue weighted by atomic mass is 79.9. The summed E-state index contributed by atoms with van der Waals surface area (Å²) in [7, 11) is 1.79. The number of fused-ring (bicyclic) bond motifs is 1. The molecule has 0 saturated heterocycles.